The fourth-order valence-corrected chi connectivity index (χ4v) is 3.60. The zero-order valence-electron chi connectivity index (χ0n) is 13.7. The second kappa shape index (κ2) is 7.93. The first-order chi connectivity index (χ1) is 11.0. The van der Waals surface area contributed by atoms with E-state index < -0.39 is 11.7 Å². The van der Waals surface area contributed by atoms with E-state index >= 15 is 0 Å². The fourth-order valence-electron chi connectivity index (χ4n) is 3.60. The predicted octanol–water partition coefficient (Wildman–Crippen LogP) is 3.88. The monoisotopic (exact) mass is 364 g/mol. The lowest BCUT2D eigenvalue weighted by Gasteiger charge is -2.43. The number of piperazine rings is 1. The number of halogens is 4. The minimum absolute atomic E-state index is 0. The van der Waals surface area contributed by atoms with Crippen LogP contribution >= 0.6 is 12.4 Å². The van der Waals surface area contributed by atoms with Crippen LogP contribution in [0.5, 0.6) is 5.75 Å². The van der Waals surface area contributed by atoms with Crippen molar-refractivity contribution < 1.29 is 17.9 Å². The van der Waals surface area contributed by atoms with E-state index in [2.05, 4.69) is 10.2 Å². The molecule has 1 saturated carbocycles. The number of benzene rings is 1. The second-order valence-corrected chi connectivity index (χ2v) is 6.38. The molecule has 1 aliphatic carbocycles. The van der Waals surface area contributed by atoms with Crippen LogP contribution in [0.3, 0.4) is 0 Å². The van der Waals surface area contributed by atoms with Crippen LogP contribution in [-0.2, 0) is 6.18 Å². The van der Waals surface area contributed by atoms with Gasteiger partial charge in [-0.05, 0) is 30.9 Å². The molecule has 1 aromatic carbocycles. The maximum Gasteiger partial charge on any atom is 0.416 e. The molecular formula is C17H24ClF3N2O. The van der Waals surface area contributed by atoms with Crippen molar-refractivity contribution >= 4 is 12.4 Å². The molecule has 0 bridgehead atoms. The van der Waals surface area contributed by atoms with E-state index in [0.29, 0.717) is 11.7 Å². The normalized spacial score (nSPS) is 20.8. The van der Waals surface area contributed by atoms with E-state index in [-0.39, 0.29) is 18.4 Å². The molecule has 0 radical (unpaired) electrons. The molecule has 1 N–H and O–H groups in total. The number of rotatable bonds is 4. The van der Waals surface area contributed by atoms with Gasteiger partial charge in [-0.2, -0.15) is 13.2 Å². The standard InChI is InChI=1S/C17H23F3N2O.ClH/c1-23-15-11-13(17(18,19)20)5-6-14(15)16(12-3-2-4-12)22-9-7-21-8-10-22;/h5-6,11-12,16,21H,2-4,7-10H2,1H3;1H/t16-;/m0./s1. The first kappa shape index (κ1) is 19.3. The van der Waals surface area contributed by atoms with Crippen LogP contribution < -0.4 is 10.1 Å². The molecule has 0 unspecified atom stereocenters. The zero-order valence-corrected chi connectivity index (χ0v) is 14.6. The van der Waals surface area contributed by atoms with E-state index in [9.17, 15) is 13.2 Å². The van der Waals surface area contributed by atoms with Gasteiger partial charge in [-0.1, -0.05) is 12.5 Å². The van der Waals surface area contributed by atoms with Crippen LogP contribution in [0.25, 0.3) is 0 Å². The highest BCUT2D eigenvalue weighted by Gasteiger charge is 2.37. The van der Waals surface area contributed by atoms with Crippen molar-refractivity contribution in [3.63, 3.8) is 0 Å². The third-order valence-electron chi connectivity index (χ3n) is 5.02. The van der Waals surface area contributed by atoms with Gasteiger partial charge in [0, 0.05) is 37.8 Å². The van der Waals surface area contributed by atoms with E-state index in [0.717, 1.165) is 50.7 Å². The van der Waals surface area contributed by atoms with Gasteiger partial charge >= 0.3 is 6.18 Å². The molecule has 1 aliphatic heterocycles. The minimum atomic E-state index is -4.34. The van der Waals surface area contributed by atoms with Gasteiger partial charge in [-0.15, -0.1) is 12.4 Å². The summed E-state index contributed by atoms with van der Waals surface area (Å²) in [6, 6.07) is 4.10. The Morgan fingerprint density at radius 2 is 1.88 bits per heavy atom. The fraction of sp³-hybridized carbons (Fsp3) is 0.647. The summed E-state index contributed by atoms with van der Waals surface area (Å²) in [6.45, 7) is 3.69. The van der Waals surface area contributed by atoms with Crippen molar-refractivity contribution in [3.8, 4) is 5.75 Å². The number of ether oxygens (including phenoxy) is 1. The van der Waals surface area contributed by atoms with Crippen molar-refractivity contribution in [1.82, 2.24) is 10.2 Å². The SMILES string of the molecule is COc1cc(C(F)(F)F)ccc1[C@H](C1CCC1)N1CCNCC1.Cl. The molecule has 1 saturated heterocycles. The topological polar surface area (TPSA) is 24.5 Å². The van der Waals surface area contributed by atoms with Crippen LogP contribution in [0, 0.1) is 5.92 Å². The molecule has 2 aliphatic rings. The summed E-state index contributed by atoms with van der Waals surface area (Å²) in [4.78, 5) is 2.39. The van der Waals surface area contributed by atoms with Crippen molar-refractivity contribution in [2.75, 3.05) is 33.3 Å². The lowest BCUT2D eigenvalue weighted by atomic mass is 9.76. The highest BCUT2D eigenvalue weighted by molar-refractivity contribution is 5.85. The van der Waals surface area contributed by atoms with Crippen LogP contribution in [-0.4, -0.2) is 38.2 Å². The molecule has 7 heteroatoms. The van der Waals surface area contributed by atoms with Crippen molar-refractivity contribution in [2.24, 2.45) is 5.92 Å². The largest absolute Gasteiger partial charge is 0.496 e. The number of hydrogen-bond donors (Lipinski definition) is 1. The molecule has 1 aromatic rings. The Morgan fingerprint density at radius 1 is 1.21 bits per heavy atom. The molecular weight excluding hydrogens is 341 g/mol. The maximum absolute atomic E-state index is 13.0. The van der Waals surface area contributed by atoms with E-state index in [4.69, 9.17) is 4.74 Å². The Bertz CT molecular complexity index is 543. The third-order valence-corrected chi connectivity index (χ3v) is 5.02. The lowest BCUT2D eigenvalue weighted by Crippen LogP contribution is -2.47. The van der Waals surface area contributed by atoms with E-state index in [1.165, 1.54) is 19.6 Å². The molecule has 0 amide bonds. The minimum Gasteiger partial charge on any atom is -0.496 e. The average molecular weight is 365 g/mol. The average Bonchev–Trinajstić information content (AvgIpc) is 2.50. The smallest absolute Gasteiger partial charge is 0.416 e. The van der Waals surface area contributed by atoms with Gasteiger partial charge in [0.2, 0.25) is 0 Å². The molecule has 0 spiro atoms. The molecule has 136 valence electrons. The molecule has 0 aromatic heterocycles. The highest BCUT2D eigenvalue weighted by atomic mass is 35.5. The summed E-state index contributed by atoms with van der Waals surface area (Å²) in [6.07, 6.45) is -0.861. The molecule has 1 atom stereocenters. The summed E-state index contributed by atoms with van der Waals surface area (Å²) in [7, 11) is 1.45. The van der Waals surface area contributed by atoms with Gasteiger partial charge < -0.3 is 10.1 Å². The summed E-state index contributed by atoms with van der Waals surface area (Å²) >= 11 is 0. The van der Waals surface area contributed by atoms with Gasteiger partial charge in [0.1, 0.15) is 5.75 Å². The first-order valence-electron chi connectivity index (χ1n) is 8.20. The highest BCUT2D eigenvalue weighted by Crippen LogP contribution is 2.45. The van der Waals surface area contributed by atoms with Gasteiger partial charge in [-0.25, -0.2) is 0 Å². The number of methoxy groups -OCH3 is 1. The molecule has 3 rings (SSSR count). The van der Waals surface area contributed by atoms with Crippen LogP contribution in [0.1, 0.15) is 36.4 Å². The van der Waals surface area contributed by atoms with Crippen molar-refractivity contribution in [3.05, 3.63) is 29.3 Å². The predicted molar refractivity (Wildman–Crippen MR) is 89.8 cm³/mol. The quantitative estimate of drug-likeness (QED) is 0.877. The first-order valence-corrected chi connectivity index (χ1v) is 8.20. The van der Waals surface area contributed by atoms with Crippen LogP contribution in [0.4, 0.5) is 13.2 Å². The molecule has 1 heterocycles. The Labute approximate surface area is 147 Å². The Kier molecular flexibility index (Phi) is 6.39. The van der Waals surface area contributed by atoms with E-state index in [1.54, 1.807) is 6.07 Å². The number of alkyl halides is 3. The maximum atomic E-state index is 13.0. The van der Waals surface area contributed by atoms with Gasteiger partial charge in [-0.3, -0.25) is 4.90 Å². The zero-order chi connectivity index (χ0) is 16.4. The summed E-state index contributed by atoms with van der Waals surface area (Å²) in [5.41, 5.74) is 0.248. The second-order valence-electron chi connectivity index (χ2n) is 6.38. The Morgan fingerprint density at radius 3 is 2.38 bits per heavy atom. The molecule has 3 nitrogen and oxygen atoms in total. The van der Waals surface area contributed by atoms with Gasteiger partial charge in [0.05, 0.1) is 12.7 Å². The molecule has 24 heavy (non-hydrogen) atoms. The number of nitrogens with zero attached hydrogens (tertiary/aromatic N) is 1. The summed E-state index contributed by atoms with van der Waals surface area (Å²) in [5.74, 6) is 0.869. The Hall–Kier alpha value is -0.980. The molecule has 2 fully saturated rings. The van der Waals surface area contributed by atoms with Gasteiger partial charge in [0.15, 0.2) is 0 Å². The summed E-state index contributed by atoms with van der Waals surface area (Å²) in [5, 5.41) is 3.33. The number of nitrogens with one attached hydrogen (secondary N) is 1. The third kappa shape index (κ3) is 3.98. The Balaban J connectivity index is 0.00000208. The van der Waals surface area contributed by atoms with E-state index in [1.807, 2.05) is 0 Å². The summed E-state index contributed by atoms with van der Waals surface area (Å²) < 4.78 is 44.2. The lowest BCUT2D eigenvalue weighted by molar-refractivity contribution is -0.137. The van der Waals surface area contributed by atoms with Crippen molar-refractivity contribution in [2.45, 2.75) is 31.5 Å². The van der Waals surface area contributed by atoms with Crippen LogP contribution in [0.2, 0.25) is 0 Å². The number of hydrogen-bond acceptors (Lipinski definition) is 3. The van der Waals surface area contributed by atoms with Crippen LogP contribution in [0.15, 0.2) is 18.2 Å². The van der Waals surface area contributed by atoms with Gasteiger partial charge in [0.25, 0.3) is 0 Å². The van der Waals surface area contributed by atoms with Crippen molar-refractivity contribution in [1.29, 1.82) is 0 Å².